The Hall–Kier alpha value is -4.39. The molecule has 0 N–H and O–H groups in total. The van der Waals surface area contributed by atoms with E-state index in [2.05, 4.69) is 0 Å². The zero-order chi connectivity index (χ0) is 25.4. The number of aryl methyl sites for hydroxylation is 2. The third kappa shape index (κ3) is 3.82. The lowest BCUT2D eigenvalue weighted by molar-refractivity contribution is 0.0982. The van der Waals surface area contributed by atoms with Gasteiger partial charge in [-0.05, 0) is 61.4 Å². The Labute approximate surface area is 209 Å². The van der Waals surface area contributed by atoms with Gasteiger partial charge in [0.05, 0.1) is 12.8 Å². The number of nitrogens with zero attached hydrogens (tertiary/aromatic N) is 4. The molecule has 0 bridgehead atoms. The summed E-state index contributed by atoms with van der Waals surface area (Å²) in [6.45, 7) is 4.57. The van der Waals surface area contributed by atoms with E-state index in [9.17, 15) is 9.59 Å². The van der Waals surface area contributed by atoms with Crippen molar-refractivity contribution in [3.05, 3.63) is 94.4 Å². The van der Waals surface area contributed by atoms with Crippen molar-refractivity contribution in [2.45, 2.75) is 20.3 Å². The molecule has 36 heavy (non-hydrogen) atoms. The molecule has 3 aromatic carbocycles. The van der Waals surface area contributed by atoms with E-state index in [0.717, 1.165) is 28.6 Å². The van der Waals surface area contributed by atoms with Crippen LogP contribution in [0.1, 0.15) is 29.4 Å². The quantitative estimate of drug-likeness (QED) is 0.333. The number of rotatable bonds is 6. The van der Waals surface area contributed by atoms with Gasteiger partial charge in [-0.25, -0.2) is 0 Å². The van der Waals surface area contributed by atoms with Gasteiger partial charge in [-0.1, -0.05) is 37.3 Å². The molecule has 0 aliphatic rings. The van der Waals surface area contributed by atoms with Gasteiger partial charge < -0.3 is 14.2 Å². The van der Waals surface area contributed by atoms with Crippen LogP contribution < -0.4 is 15.2 Å². The van der Waals surface area contributed by atoms with E-state index in [1.165, 1.54) is 4.68 Å². The minimum atomic E-state index is -0.289. The van der Waals surface area contributed by atoms with Crippen molar-refractivity contribution in [3.8, 4) is 11.4 Å². The molecule has 2 heterocycles. The van der Waals surface area contributed by atoms with Crippen LogP contribution in [0.5, 0.6) is 5.75 Å². The number of amides is 1. The van der Waals surface area contributed by atoms with Gasteiger partial charge in [0.25, 0.3) is 11.5 Å². The average Bonchev–Trinajstić information content (AvgIpc) is 3.20. The van der Waals surface area contributed by atoms with Gasteiger partial charge in [0.1, 0.15) is 11.3 Å². The first-order valence-electron chi connectivity index (χ1n) is 12.0. The van der Waals surface area contributed by atoms with Crippen molar-refractivity contribution in [1.29, 1.82) is 0 Å². The van der Waals surface area contributed by atoms with Crippen LogP contribution in [-0.4, -0.2) is 33.9 Å². The van der Waals surface area contributed by atoms with Crippen LogP contribution in [-0.2, 0) is 7.05 Å². The van der Waals surface area contributed by atoms with Gasteiger partial charge in [0.2, 0.25) is 0 Å². The lowest BCUT2D eigenvalue weighted by atomic mass is 10.1. The molecule has 0 aliphatic heterocycles. The van der Waals surface area contributed by atoms with E-state index in [1.807, 2.05) is 74.0 Å². The first kappa shape index (κ1) is 23.4. The van der Waals surface area contributed by atoms with Gasteiger partial charge in [-0.2, -0.15) is 9.78 Å². The summed E-state index contributed by atoms with van der Waals surface area (Å²) in [6, 6.07) is 22.7. The van der Waals surface area contributed by atoms with E-state index in [-0.39, 0.29) is 17.2 Å². The van der Waals surface area contributed by atoms with Crippen molar-refractivity contribution in [3.63, 3.8) is 0 Å². The van der Waals surface area contributed by atoms with Crippen molar-refractivity contribution < 1.29 is 9.53 Å². The van der Waals surface area contributed by atoms with E-state index in [1.54, 1.807) is 36.3 Å². The molecule has 182 valence electrons. The molecule has 7 nitrogen and oxygen atoms in total. The molecule has 0 radical (unpaired) electrons. The van der Waals surface area contributed by atoms with Crippen LogP contribution in [0.2, 0.25) is 0 Å². The molecule has 0 fully saturated rings. The molecule has 0 saturated heterocycles. The first-order chi connectivity index (χ1) is 17.4. The summed E-state index contributed by atoms with van der Waals surface area (Å²) in [5, 5.41) is 6.09. The molecule has 2 aromatic heterocycles. The number of hydrogen-bond acceptors (Lipinski definition) is 4. The van der Waals surface area contributed by atoms with E-state index in [0.29, 0.717) is 28.9 Å². The smallest absolute Gasteiger partial charge is 0.296 e. The number of fused-ring (bicyclic) bond motifs is 3. The van der Waals surface area contributed by atoms with Gasteiger partial charge in [0.15, 0.2) is 5.69 Å². The number of hydrogen-bond donors (Lipinski definition) is 0. The highest BCUT2D eigenvalue weighted by Crippen LogP contribution is 2.30. The fraction of sp³-hybridized carbons (Fsp3) is 0.207. The van der Waals surface area contributed by atoms with E-state index < -0.39 is 0 Å². The molecular weight excluding hydrogens is 452 g/mol. The van der Waals surface area contributed by atoms with Crippen LogP contribution in [0.15, 0.2) is 77.6 Å². The Balaban J connectivity index is 1.82. The fourth-order valence-electron chi connectivity index (χ4n) is 4.72. The third-order valence-electron chi connectivity index (χ3n) is 6.46. The van der Waals surface area contributed by atoms with E-state index >= 15 is 0 Å². The lowest BCUT2D eigenvalue weighted by Gasteiger charge is -2.23. The monoisotopic (exact) mass is 480 g/mol. The molecule has 0 saturated carbocycles. The Morgan fingerprint density at radius 1 is 1.03 bits per heavy atom. The summed E-state index contributed by atoms with van der Waals surface area (Å²) < 4.78 is 8.43. The standard InChI is InChI=1S/C29H28N4O3/c1-5-17-32(21-10-8-9-19(2)18-21)28(34)26-25-23-11-6-7-12-24(23)31(3)27(25)29(35)33(30-26)20-13-15-22(36-4)16-14-20/h6-16,18H,5,17H2,1-4H3. The first-order valence-corrected chi connectivity index (χ1v) is 12.0. The average molecular weight is 481 g/mol. The second kappa shape index (κ2) is 9.34. The number of ether oxygens (including phenoxy) is 1. The molecule has 1 amide bonds. The summed E-state index contributed by atoms with van der Waals surface area (Å²) in [5.74, 6) is 0.424. The third-order valence-corrected chi connectivity index (χ3v) is 6.46. The van der Waals surface area contributed by atoms with Gasteiger partial charge in [0, 0.05) is 35.6 Å². The van der Waals surface area contributed by atoms with Gasteiger partial charge in [-0.3, -0.25) is 9.59 Å². The minimum Gasteiger partial charge on any atom is -0.497 e. The summed E-state index contributed by atoms with van der Waals surface area (Å²) in [5.41, 5.74) is 3.68. The molecule has 0 spiro atoms. The fourth-order valence-corrected chi connectivity index (χ4v) is 4.72. The van der Waals surface area contributed by atoms with Crippen LogP contribution in [0.4, 0.5) is 5.69 Å². The molecule has 0 atom stereocenters. The number of para-hydroxylation sites is 1. The normalized spacial score (nSPS) is 11.2. The van der Waals surface area contributed by atoms with Crippen LogP contribution in [0.3, 0.4) is 0 Å². The van der Waals surface area contributed by atoms with Gasteiger partial charge >= 0.3 is 0 Å². The summed E-state index contributed by atoms with van der Waals surface area (Å²) >= 11 is 0. The molecule has 0 unspecified atom stereocenters. The van der Waals surface area contributed by atoms with Crippen LogP contribution >= 0.6 is 0 Å². The lowest BCUT2D eigenvalue weighted by Crippen LogP contribution is -2.35. The maximum Gasteiger partial charge on any atom is 0.296 e. The van der Waals surface area contributed by atoms with Crippen molar-refractivity contribution in [2.75, 3.05) is 18.6 Å². The topological polar surface area (TPSA) is 69.4 Å². The number of carbonyl (C=O) groups excluding carboxylic acids is 1. The summed E-state index contributed by atoms with van der Waals surface area (Å²) in [4.78, 5) is 29.8. The number of aromatic nitrogens is 3. The van der Waals surface area contributed by atoms with Crippen LogP contribution in [0.25, 0.3) is 27.5 Å². The number of carbonyl (C=O) groups is 1. The van der Waals surface area contributed by atoms with E-state index in [4.69, 9.17) is 9.84 Å². The molecule has 5 aromatic rings. The molecule has 7 heteroatoms. The summed E-state index contributed by atoms with van der Waals surface area (Å²) in [6.07, 6.45) is 0.774. The zero-order valence-corrected chi connectivity index (χ0v) is 20.9. The predicted molar refractivity (Wildman–Crippen MR) is 144 cm³/mol. The summed E-state index contributed by atoms with van der Waals surface area (Å²) in [7, 11) is 3.44. The SMILES string of the molecule is CCCN(C(=O)c1nn(-c2ccc(OC)cc2)c(=O)c2c1c1ccccc1n2C)c1cccc(C)c1. The zero-order valence-electron chi connectivity index (χ0n) is 20.9. The highest BCUT2D eigenvalue weighted by Gasteiger charge is 2.27. The predicted octanol–water partition coefficient (Wildman–Crippen LogP) is 5.25. The van der Waals surface area contributed by atoms with Crippen molar-refractivity contribution in [2.24, 2.45) is 7.05 Å². The highest BCUT2D eigenvalue weighted by atomic mass is 16.5. The Morgan fingerprint density at radius 2 is 1.78 bits per heavy atom. The van der Waals surface area contributed by atoms with Crippen molar-refractivity contribution in [1.82, 2.24) is 14.3 Å². The maximum atomic E-state index is 14.2. The second-order valence-electron chi connectivity index (χ2n) is 8.86. The van der Waals surface area contributed by atoms with Crippen molar-refractivity contribution >= 4 is 33.4 Å². The number of benzene rings is 3. The maximum absolute atomic E-state index is 14.2. The Kier molecular flexibility index (Phi) is 6.06. The Morgan fingerprint density at radius 3 is 2.47 bits per heavy atom. The second-order valence-corrected chi connectivity index (χ2v) is 8.86. The molecule has 0 aliphatic carbocycles. The number of anilines is 1. The Bertz CT molecular complexity index is 1650. The number of methoxy groups -OCH3 is 1. The molecular formula is C29H28N4O3. The van der Waals surface area contributed by atoms with Gasteiger partial charge in [-0.15, -0.1) is 0 Å². The molecule has 5 rings (SSSR count). The highest BCUT2D eigenvalue weighted by molar-refractivity contribution is 6.20. The largest absolute Gasteiger partial charge is 0.497 e. The van der Waals surface area contributed by atoms with Crippen LogP contribution in [0, 0.1) is 6.92 Å². The minimum absolute atomic E-state index is 0.243.